The Kier molecular flexibility index (Phi) is 5.12. The second-order valence-electron chi connectivity index (χ2n) is 8.38. The highest BCUT2D eigenvalue weighted by Crippen LogP contribution is 2.32. The molecule has 2 aromatic carbocycles. The summed E-state index contributed by atoms with van der Waals surface area (Å²) >= 11 is 0. The van der Waals surface area contributed by atoms with E-state index in [-0.39, 0.29) is 5.91 Å². The van der Waals surface area contributed by atoms with Crippen LogP contribution in [0, 0.1) is 13.8 Å². The predicted molar refractivity (Wildman–Crippen MR) is 118 cm³/mol. The minimum atomic E-state index is -0.500. The summed E-state index contributed by atoms with van der Waals surface area (Å²) in [6, 6.07) is 18.1. The van der Waals surface area contributed by atoms with E-state index in [1.54, 1.807) is 4.68 Å². The Morgan fingerprint density at radius 2 is 1.68 bits per heavy atom. The molecule has 0 atom stereocenters. The second-order valence-corrected chi connectivity index (χ2v) is 8.38. The highest BCUT2D eigenvalue weighted by atomic mass is 16.7. The van der Waals surface area contributed by atoms with Crippen molar-refractivity contribution >= 4 is 5.91 Å². The molecule has 0 saturated carbocycles. The number of hydrogen-bond donors (Lipinski definition) is 0. The number of aromatic nitrogens is 2. The molecule has 0 unspecified atom stereocenters. The Morgan fingerprint density at radius 3 is 2.35 bits per heavy atom. The summed E-state index contributed by atoms with van der Waals surface area (Å²) < 4.78 is 13.4. The number of aryl methyl sites for hydroxylation is 2. The van der Waals surface area contributed by atoms with Gasteiger partial charge in [0.05, 0.1) is 24.6 Å². The number of carbonyl (C=O) groups excluding carboxylic acids is 1. The largest absolute Gasteiger partial charge is 0.347 e. The van der Waals surface area contributed by atoms with Crippen molar-refractivity contribution < 1.29 is 14.3 Å². The van der Waals surface area contributed by atoms with Crippen LogP contribution in [0.25, 0.3) is 16.9 Å². The quantitative estimate of drug-likeness (QED) is 0.643. The number of amides is 1. The molecule has 160 valence electrons. The maximum atomic E-state index is 13.6. The van der Waals surface area contributed by atoms with E-state index in [9.17, 15) is 4.79 Å². The van der Waals surface area contributed by atoms with Gasteiger partial charge in [-0.1, -0.05) is 48.0 Å². The van der Waals surface area contributed by atoms with Crippen molar-refractivity contribution in [2.24, 2.45) is 0 Å². The maximum absolute atomic E-state index is 13.6. The van der Waals surface area contributed by atoms with E-state index in [4.69, 9.17) is 14.6 Å². The molecule has 2 fully saturated rings. The normalized spacial score (nSPS) is 17.9. The smallest absolute Gasteiger partial charge is 0.272 e. The summed E-state index contributed by atoms with van der Waals surface area (Å²) in [4.78, 5) is 15.5. The molecule has 5 rings (SSSR count). The third-order valence-electron chi connectivity index (χ3n) is 6.20. The molecule has 1 amide bonds. The molecule has 2 saturated heterocycles. The first kappa shape index (κ1) is 20.0. The summed E-state index contributed by atoms with van der Waals surface area (Å²) in [5.74, 6) is -0.512. The van der Waals surface area contributed by atoms with E-state index in [1.165, 1.54) is 5.56 Å². The van der Waals surface area contributed by atoms with Crippen LogP contribution in [0.2, 0.25) is 0 Å². The van der Waals surface area contributed by atoms with Gasteiger partial charge in [0.2, 0.25) is 0 Å². The van der Waals surface area contributed by atoms with Gasteiger partial charge in [0.25, 0.3) is 5.91 Å². The van der Waals surface area contributed by atoms with Gasteiger partial charge >= 0.3 is 0 Å². The minimum Gasteiger partial charge on any atom is -0.347 e. The van der Waals surface area contributed by atoms with E-state index in [1.807, 2.05) is 47.4 Å². The second kappa shape index (κ2) is 7.94. The Bertz CT molecular complexity index is 1090. The van der Waals surface area contributed by atoms with Gasteiger partial charge in [-0.3, -0.25) is 4.79 Å². The first-order valence-corrected chi connectivity index (χ1v) is 10.8. The van der Waals surface area contributed by atoms with Gasteiger partial charge in [-0.2, -0.15) is 5.10 Å². The monoisotopic (exact) mass is 417 g/mol. The highest BCUT2D eigenvalue weighted by Gasteiger charge is 2.41. The van der Waals surface area contributed by atoms with Crippen molar-refractivity contribution in [3.63, 3.8) is 0 Å². The fourth-order valence-corrected chi connectivity index (χ4v) is 4.51. The lowest BCUT2D eigenvalue weighted by atomic mass is 10.0. The third kappa shape index (κ3) is 3.77. The zero-order chi connectivity index (χ0) is 21.4. The summed E-state index contributed by atoms with van der Waals surface area (Å²) in [6.45, 7) is 6.61. The van der Waals surface area contributed by atoms with E-state index >= 15 is 0 Å². The summed E-state index contributed by atoms with van der Waals surface area (Å²) in [6.07, 6.45) is 1.39. The van der Waals surface area contributed by atoms with Crippen LogP contribution in [0.1, 0.15) is 34.5 Å². The number of hydrogen-bond acceptors (Lipinski definition) is 4. The Morgan fingerprint density at radius 1 is 0.968 bits per heavy atom. The van der Waals surface area contributed by atoms with Gasteiger partial charge < -0.3 is 14.4 Å². The molecule has 31 heavy (non-hydrogen) atoms. The highest BCUT2D eigenvalue weighted by molar-refractivity contribution is 5.94. The lowest BCUT2D eigenvalue weighted by molar-refractivity contribution is -0.181. The average molecular weight is 418 g/mol. The molecular weight excluding hydrogens is 390 g/mol. The minimum absolute atomic E-state index is 0.0116. The van der Waals surface area contributed by atoms with Crippen molar-refractivity contribution in [2.75, 3.05) is 26.3 Å². The van der Waals surface area contributed by atoms with Crippen molar-refractivity contribution in [2.45, 2.75) is 32.5 Å². The number of rotatable bonds is 3. The lowest BCUT2D eigenvalue weighted by Gasteiger charge is -2.37. The molecule has 0 radical (unpaired) electrons. The van der Waals surface area contributed by atoms with Gasteiger partial charge in [-0.15, -0.1) is 0 Å². The fraction of sp³-hybridized carbons (Fsp3) is 0.360. The van der Waals surface area contributed by atoms with Crippen molar-refractivity contribution in [1.82, 2.24) is 14.7 Å². The summed E-state index contributed by atoms with van der Waals surface area (Å²) in [5, 5.41) is 4.85. The van der Waals surface area contributed by atoms with E-state index in [0.29, 0.717) is 44.8 Å². The molecule has 0 bridgehead atoms. The van der Waals surface area contributed by atoms with Crippen LogP contribution in [0.3, 0.4) is 0 Å². The SMILES string of the molecule is Cc1ccc(-n2nc(-c3ccccc3)cc2C(=O)N2CCC3(CC2)OCCO3)c(C)c1. The van der Waals surface area contributed by atoms with E-state index < -0.39 is 5.79 Å². The van der Waals surface area contributed by atoms with E-state index in [0.717, 1.165) is 22.5 Å². The van der Waals surface area contributed by atoms with Crippen LogP contribution < -0.4 is 0 Å². The molecule has 6 nitrogen and oxygen atoms in total. The first-order chi connectivity index (χ1) is 15.0. The molecule has 1 spiro atoms. The standard InChI is InChI=1S/C25H27N3O3/c1-18-8-9-22(19(2)16-18)28-23(17-21(26-28)20-6-4-3-5-7-20)24(29)27-12-10-25(11-13-27)30-14-15-31-25/h3-9,16-17H,10-15H2,1-2H3. The van der Waals surface area contributed by atoms with Crippen molar-refractivity contribution in [1.29, 1.82) is 0 Å². The lowest BCUT2D eigenvalue weighted by Crippen LogP contribution is -2.47. The van der Waals surface area contributed by atoms with Gasteiger partial charge in [0.15, 0.2) is 5.79 Å². The molecule has 3 aromatic rings. The molecule has 0 aliphatic carbocycles. The van der Waals surface area contributed by atoms with Gasteiger partial charge in [-0.25, -0.2) is 4.68 Å². The molecule has 6 heteroatoms. The number of ether oxygens (including phenoxy) is 2. The third-order valence-corrected chi connectivity index (χ3v) is 6.20. The number of piperidine rings is 1. The fourth-order valence-electron chi connectivity index (χ4n) is 4.51. The molecule has 2 aliphatic heterocycles. The zero-order valence-electron chi connectivity index (χ0n) is 18.0. The number of benzene rings is 2. The predicted octanol–water partition coefficient (Wildman–Crippen LogP) is 4.14. The average Bonchev–Trinajstić information content (AvgIpc) is 3.42. The molecular formula is C25H27N3O3. The van der Waals surface area contributed by atoms with Crippen LogP contribution in [-0.4, -0.2) is 52.7 Å². The molecule has 3 heterocycles. The maximum Gasteiger partial charge on any atom is 0.272 e. The van der Waals surface area contributed by atoms with Gasteiger partial charge in [0.1, 0.15) is 5.69 Å². The number of likely N-dealkylation sites (tertiary alicyclic amines) is 1. The molecule has 1 aromatic heterocycles. The van der Waals surface area contributed by atoms with Crippen LogP contribution in [0.5, 0.6) is 0 Å². The van der Waals surface area contributed by atoms with Crippen LogP contribution in [0.15, 0.2) is 54.6 Å². The first-order valence-electron chi connectivity index (χ1n) is 10.8. The number of carbonyl (C=O) groups is 1. The molecule has 0 N–H and O–H groups in total. The topological polar surface area (TPSA) is 56.6 Å². The van der Waals surface area contributed by atoms with Crippen LogP contribution in [-0.2, 0) is 9.47 Å². The van der Waals surface area contributed by atoms with Crippen LogP contribution in [0.4, 0.5) is 0 Å². The Labute approximate surface area is 182 Å². The number of nitrogens with zero attached hydrogens (tertiary/aromatic N) is 3. The summed E-state index contributed by atoms with van der Waals surface area (Å²) in [5.41, 5.74) is 5.55. The zero-order valence-corrected chi connectivity index (χ0v) is 18.0. The van der Waals surface area contributed by atoms with E-state index in [2.05, 4.69) is 26.0 Å². The van der Waals surface area contributed by atoms with Crippen LogP contribution >= 0.6 is 0 Å². The molecule has 2 aliphatic rings. The van der Waals surface area contributed by atoms with Gasteiger partial charge in [-0.05, 0) is 31.5 Å². The van der Waals surface area contributed by atoms with Crippen molar-refractivity contribution in [3.05, 3.63) is 71.4 Å². The van der Waals surface area contributed by atoms with Crippen molar-refractivity contribution in [3.8, 4) is 16.9 Å². The Hall–Kier alpha value is -2.96. The summed E-state index contributed by atoms with van der Waals surface area (Å²) in [7, 11) is 0. The Balaban J connectivity index is 1.50. The van der Waals surface area contributed by atoms with Gasteiger partial charge in [0, 0.05) is 31.5 Å².